The van der Waals surface area contributed by atoms with Crippen molar-refractivity contribution in [3.8, 4) is 0 Å². The number of carbonyl (C=O) groups excluding carboxylic acids is 1. The van der Waals surface area contributed by atoms with E-state index in [0.717, 1.165) is 10.0 Å². The van der Waals surface area contributed by atoms with Gasteiger partial charge < -0.3 is 16.2 Å². The van der Waals surface area contributed by atoms with Crippen LogP contribution in [0.5, 0.6) is 0 Å². The van der Waals surface area contributed by atoms with Crippen molar-refractivity contribution in [2.75, 3.05) is 18.6 Å². The summed E-state index contributed by atoms with van der Waals surface area (Å²) < 4.78 is 5.49. The van der Waals surface area contributed by atoms with Gasteiger partial charge in [0.1, 0.15) is 11.6 Å². The van der Waals surface area contributed by atoms with Crippen LogP contribution >= 0.6 is 27.7 Å². The average Bonchev–Trinajstić information content (AvgIpc) is 2.44. The number of ether oxygens (including phenoxy) is 1. The lowest BCUT2D eigenvalue weighted by Crippen LogP contribution is -2.02. The molecule has 2 rings (SSSR count). The van der Waals surface area contributed by atoms with Crippen molar-refractivity contribution in [2.45, 2.75) is 10.9 Å². The van der Waals surface area contributed by atoms with Crippen molar-refractivity contribution < 1.29 is 9.53 Å². The summed E-state index contributed by atoms with van der Waals surface area (Å²) in [5, 5.41) is 0.511. The van der Waals surface area contributed by atoms with Crippen molar-refractivity contribution in [1.82, 2.24) is 9.97 Å². The lowest BCUT2D eigenvalue weighted by Gasteiger charge is -2.06. The van der Waals surface area contributed by atoms with Crippen molar-refractivity contribution in [3.05, 3.63) is 39.9 Å². The first-order valence-corrected chi connectivity index (χ1v) is 7.67. The highest BCUT2D eigenvalue weighted by molar-refractivity contribution is 9.10. The summed E-state index contributed by atoms with van der Waals surface area (Å²) in [6, 6.07) is 6.78. The predicted molar refractivity (Wildman–Crippen MR) is 85.9 cm³/mol. The number of esters is 1. The first-order chi connectivity index (χ1) is 9.99. The first kappa shape index (κ1) is 15.6. The Morgan fingerprint density at radius 2 is 1.95 bits per heavy atom. The van der Waals surface area contributed by atoms with Crippen LogP contribution in [0.4, 0.5) is 11.6 Å². The summed E-state index contributed by atoms with van der Waals surface area (Å²) in [5.41, 5.74) is 12.7. The monoisotopic (exact) mass is 368 g/mol. The number of aromatic nitrogens is 2. The molecule has 0 atom stereocenters. The maximum atomic E-state index is 11.4. The van der Waals surface area contributed by atoms with E-state index in [4.69, 9.17) is 11.5 Å². The van der Waals surface area contributed by atoms with Crippen LogP contribution in [0.25, 0.3) is 0 Å². The van der Waals surface area contributed by atoms with Crippen molar-refractivity contribution in [3.63, 3.8) is 0 Å². The number of nitrogens with zero attached hydrogens (tertiary/aromatic N) is 2. The van der Waals surface area contributed by atoms with Gasteiger partial charge in [0.05, 0.1) is 12.7 Å². The number of carbonyl (C=O) groups is 1. The Morgan fingerprint density at radius 1 is 1.29 bits per heavy atom. The molecule has 1 aromatic carbocycles. The van der Waals surface area contributed by atoms with Gasteiger partial charge in [-0.2, -0.15) is 0 Å². The van der Waals surface area contributed by atoms with E-state index >= 15 is 0 Å². The normalized spacial score (nSPS) is 10.4. The van der Waals surface area contributed by atoms with Crippen LogP contribution in [-0.4, -0.2) is 23.0 Å². The molecule has 0 fully saturated rings. The summed E-state index contributed by atoms with van der Waals surface area (Å²) in [6.07, 6.45) is 0. The molecule has 110 valence electrons. The Morgan fingerprint density at radius 3 is 2.52 bits per heavy atom. The highest BCUT2D eigenvalue weighted by atomic mass is 79.9. The second-order valence-electron chi connectivity index (χ2n) is 4.09. The lowest BCUT2D eigenvalue weighted by atomic mass is 10.1. The third kappa shape index (κ3) is 4.08. The molecule has 0 bridgehead atoms. The largest absolute Gasteiger partial charge is 0.465 e. The van der Waals surface area contributed by atoms with E-state index in [0.29, 0.717) is 28.1 Å². The minimum Gasteiger partial charge on any atom is -0.465 e. The fourth-order valence-electron chi connectivity index (χ4n) is 1.58. The van der Waals surface area contributed by atoms with E-state index in [-0.39, 0.29) is 5.97 Å². The van der Waals surface area contributed by atoms with Crippen LogP contribution in [0.15, 0.2) is 33.9 Å². The minimum atomic E-state index is -0.373. The molecule has 1 aromatic heterocycles. The van der Waals surface area contributed by atoms with E-state index < -0.39 is 0 Å². The zero-order valence-corrected chi connectivity index (χ0v) is 13.6. The van der Waals surface area contributed by atoms with Crippen molar-refractivity contribution in [2.24, 2.45) is 0 Å². The third-order valence-corrected chi connectivity index (χ3v) is 4.21. The van der Waals surface area contributed by atoms with Gasteiger partial charge in [0.15, 0.2) is 5.16 Å². The van der Waals surface area contributed by atoms with Crippen LogP contribution in [-0.2, 0) is 10.5 Å². The molecule has 0 unspecified atom stereocenters. The lowest BCUT2D eigenvalue weighted by molar-refractivity contribution is 0.0600. The van der Waals surface area contributed by atoms with Crippen LogP contribution in [0, 0.1) is 0 Å². The number of methoxy groups -OCH3 is 1. The van der Waals surface area contributed by atoms with E-state index in [1.807, 2.05) is 6.07 Å². The molecule has 0 aliphatic carbocycles. The molecule has 0 spiro atoms. The van der Waals surface area contributed by atoms with Gasteiger partial charge in [0.2, 0.25) is 0 Å². The van der Waals surface area contributed by atoms with Gasteiger partial charge in [-0.25, -0.2) is 14.8 Å². The van der Waals surface area contributed by atoms with Gasteiger partial charge in [-0.05, 0) is 17.7 Å². The topological polar surface area (TPSA) is 104 Å². The average molecular weight is 369 g/mol. The quantitative estimate of drug-likeness (QED) is 0.485. The van der Waals surface area contributed by atoms with Crippen LogP contribution in [0.2, 0.25) is 0 Å². The molecule has 4 N–H and O–H groups in total. The maximum absolute atomic E-state index is 11.4. The highest BCUT2D eigenvalue weighted by Gasteiger charge is 2.09. The molecule has 0 amide bonds. The molecule has 0 radical (unpaired) electrons. The molecule has 0 saturated carbocycles. The second-order valence-corrected chi connectivity index (χ2v) is 5.88. The van der Waals surface area contributed by atoms with E-state index in [1.165, 1.54) is 24.9 Å². The molecule has 21 heavy (non-hydrogen) atoms. The van der Waals surface area contributed by atoms with Gasteiger partial charge in [0, 0.05) is 16.3 Å². The van der Waals surface area contributed by atoms with Crippen molar-refractivity contribution in [1.29, 1.82) is 0 Å². The predicted octanol–water partition coefficient (Wildman–Crippen LogP) is 2.48. The van der Waals surface area contributed by atoms with Gasteiger partial charge in [-0.3, -0.25) is 0 Å². The van der Waals surface area contributed by atoms with Crippen molar-refractivity contribution >= 4 is 45.3 Å². The van der Waals surface area contributed by atoms with Gasteiger partial charge >= 0.3 is 5.97 Å². The standard InChI is InChI=1S/C13H13BrN4O2S/c1-20-12(19)7-2-3-8(9(14)4-7)6-21-13-17-10(15)5-11(16)18-13/h2-5H,6H2,1H3,(H4,15,16,17,18). The summed E-state index contributed by atoms with van der Waals surface area (Å²) in [5.74, 6) is 0.919. The molecular formula is C13H13BrN4O2S. The molecular weight excluding hydrogens is 356 g/mol. The molecule has 0 aliphatic rings. The van der Waals surface area contributed by atoms with Crippen LogP contribution in [0.3, 0.4) is 0 Å². The summed E-state index contributed by atoms with van der Waals surface area (Å²) in [4.78, 5) is 19.6. The molecule has 6 nitrogen and oxygen atoms in total. The molecule has 0 saturated heterocycles. The van der Waals surface area contributed by atoms with Crippen LogP contribution in [0.1, 0.15) is 15.9 Å². The summed E-state index contributed by atoms with van der Waals surface area (Å²) in [6.45, 7) is 0. The zero-order valence-electron chi connectivity index (χ0n) is 11.2. The Bertz CT molecular complexity index is 661. The molecule has 0 aliphatic heterocycles. The summed E-state index contributed by atoms with van der Waals surface area (Å²) >= 11 is 4.84. The fourth-order valence-corrected chi connectivity index (χ4v) is 3.16. The SMILES string of the molecule is COC(=O)c1ccc(CSc2nc(N)cc(N)n2)c(Br)c1. The number of hydrogen-bond donors (Lipinski definition) is 2. The number of thioether (sulfide) groups is 1. The Labute approximate surface area is 134 Å². The third-order valence-electron chi connectivity index (χ3n) is 2.58. The van der Waals surface area contributed by atoms with Gasteiger partial charge in [-0.15, -0.1) is 0 Å². The van der Waals surface area contributed by atoms with E-state index in [1.54, 1.807) is 12.1 Å². The Kier molecular flexibility index (Phi) is 5.03. The number of halogens is 1. The fraction of sp³-hybridized carbons (Fsp3) is 0.154. The smallest absolute Gasteiger partial charge is 0.337 e. The molecule has 8 heteroatoms. The van der Waals surface area contributed by atoms with E-state index in [9.17, 15) is 4.79 Å². The number of nitrogens with two attached hydrogens (primary N) is 2. The zero-order chi connectivity index (χ0) is 15.4. The number of anilines is 2. The maximum Gasteiger partial charge on any atom is 0.337 e. The number of nitrogen functional groups attached to an aromatic ring is 2. The minimum absolute atomic E-state index is 0.338. The van der Waals surface area contributed by atoms with E-state index in [2.05, 4.69) is 30.6 Å². The first-order valence-electron chi connectivity index (χ1n) is 5.89. The number of rotatable bonds is 4. The molecule has 2 aromatic rings. The van der Waals surface area contributed by atoms with Gasteiger partial charge in [0.25, 0.3) is 0 Å². The van der Waals surface area contributed by atoms with Crippen LogP contribution < -0.4 is 11.5 Å². The Hall–Kier alpha value is -1.80. The number of benzene rings is 1. The summed E-state index contributed by atoms with van der Waals surface area (Å²) in [7, 11) is 1.35. The van der Waals surface area contributed by atoms with Gasteiger partial charge in [-0.1, -0.05) is 33.8 Å². The number of hydrogen-bond acceptors (Lipinski definition) is 7. The molecule has 1 heterocycles. The Balaban J connectivity index is 2.11. The second kappa shape index (κ2) is 6.77. The highest BCUT2D eigenvalue weighted by Crippen LogP contribution is 2.27.